The lowest BCUT2D eigenvalue weighted by atomic mass is 10.3. The number of carbonyl (C=O) groups excluding carboxylic acids is 1. The van der Waals surface area contributed by atoms with Crippen LogP contribution in [-0.4, -0.2) is 36.0 Å². The summed E-state index contributed by atoms with van der Waals surface area (Å²) in [6.45, 7) is 12.4. The third-order valence-corrected chi connectivity index (χ3v) is 1.74. The predicted octanol–water partition coefficient (Wildman–Crippen LogP) is 1.39. The van der Waals surface area contributed by atoms with E-state index in [2.05, 4.69) is 13.2 Å². The lowest BCUT2D eigenvalue weighted by molar-refractivity contribution is -0.507. The van der Waals surface area contributed by atoms with E-state index in [4.69, 9.17) is 4.74 Å². The van der Waals surface area contributed by atoms with Crippen molar-refractivity contribution in [3.05, 3.63) is 25.3 Å². The second kappa shape index (κ2) is 7.06. The molecule has 78 valence electrons. The molecule has 14 heavy (non-hydrogen) atoms. The fraction of sp³-hybridized carbons (Fsp3) is 0.455. The van der Waals surface area contributed by atoms with Crippen molar-refractivity contribution in [1.82, 2.24) is 0 Å². The monoisotopic (exact) mass is 196 g/mol. The smallest absolute Gasteiger partial charge is 0.398 e. The van der Waals surface area contributed by atoms with Crippen LogP contribution in [0.3, 0.4) is 0 Å². The molecule has 0 unspecified atom stereocenters. The Morgan fingerprint density at radius 3 is 2.21 bits per heavy atom. The van der Waals surface area contributed by atoms with Gasteiger partial charge >= 0.3 is 5.97 Å². The first-order valence-electron chi connectivity index (χ1n) is 4.64. The highest BCUT2D eigenvalue weighted by molar-refractivity contribution is 6.33. The molecule has 0 aliphatic carbocycles. The van der Waals surface area contributed by atoms with Gasteiger partial charge in [-0.1, -0.05) is 13.2 Å². The van der Waals surface area contributed by atoms with Gasteiger partial charge in [0, 0.05) is 6.92 Å². The minimum absolute atomic E-state index is 0.281. The largest absolute Gasteiger partial charge is 0.458 e. The molecule has 0 saturated carbocycles. The molecular formula is C11H18NO2+. The van der Waals surface area contributed by atoms with Crippen LogP contribution in [0.5, 0.6) is 0 Å². The summed E-state index contributed by atoms with van der Waals surface area (Å²) in [5, 5.41) is 0. The second-order valence-corrected chi connectivity index (χ2v) is 2.79. The Balaban J connectivity index is 4.67. The first-order valence-corrected chi connectivity index (χ1v) is 4.64. The summed E-state index contributed by atoms with van der Waals surface area (Å²) in [4.78, 5) is 11.4. The van der Waals surface area contributed by atoms with Crippen molar-refractivity contribution in [1.29, 1.82) is 0 Å². The Kier molecular flexibility index (Phi) is 6.37. The highest BCUT2D eigenvalue weighted by Crippen LogP contribution is 1.88. The van der Waals surface area contributed by atoms with E-state index in [0.29, 0.717) is 25.4 Å². The van der Waals surface area contributed by atoms with Gasteiger partial charge in [0.1, 0.15) is 0 Å². The number of hydrogen-bond donors (Lipinski definition) is 0. The van der Waals surface area contributed by atoms with Crippen molar-refractivity contribution in [2.45, 2.75) is 13.8 Å². The Morgan fingerprint density at radius 2 is 1.86 bits per heavy atom. The van der Waals surface area contributed by atoms with Crippen LogP contribution in [0.15, 0.2) is 25.3 Å². The minimum atomic E-state index is -0.281. The lowest BCUT2D eigenvalue weighted by Crippen LogP contribution is -2.28. The highest BCUT2D eigenvalue weighted by atomic mass is 16.5. The Bertz CT molecular complexity index is 242. The normalized spacial score (nSPS) is 9.00. The zero-order chi connectivity index (χ0) is 11.0. The van der Waals surface area contributed by atoms with Gasteiger partial charge in [0.05, 0.1) is 6.61 Å². The maximum atomic E-state index is 11.4. The van der Waals surface area contributed by atoms with Gasteiger partial charge < -0.3 is 4.74 Å². The molecule has 0 spiro atoms. The summed E-state index contributed by atoms with van der Waals surface area (Å²) in [5.74, 6) is -0.281. The number of rotatable bonds is 6. The molecule has 0 heterocycles. The van der Waals surface area contributed by atoms with Gasteiger partial charge in [-0.25, -0.2) is 9.37 Å². The maximum absolute atomic E-state index is 11.4. The number of esters is 1. The van der Waals surface area contributed by atoms with E-state index in [9.17, 15) is 4.79 Å². The molecule has 0 saturated heterocycles. The number of ether oxygens (including phenoxy) is 1. The van der Waals surface area contributed by atoms with Crippen molar-refractivity contribution in [2.24, 2.45) is 0 Å². The Morgan fingerprint density at radius 1 is 1.36 bits per heavy atom. The number of nitrogens with zero attached hydrogens (tertiary/aromatic N) is 1. The average molecular weight is 196 g/mol. The van der Waals surface area contributed by atoms with E-state index in [1.54, 1.807) is 26.0 Å². The van der Waals surface area contributed by atoms with Crippen LogP contribution < -0.4 is 0 Å². The first-order chi connectivity index (χ1) is 6.67. The third kappa shape index (κ3) is 4.03. The summed E-state index contributed by atoms with van der Waals surface area (Å²) in [5.41, 5.74) is 0.589. The summed E-state index contributed by atoms with van der Waals surface area (Å²) >= 11 is 0. The van der Waals surface area contributed by atoms with Gasteiger partial charge in [-0.2, -0.15) is 0 Å². The zero-order valence-electron chi connectivity index (χ0n) is 8.95. The van der Waals surface area contributed by atoms with Gasteiger partial charge in [0.25, 0.3) is 5.71 Å². The van der Waals surface area contributed by atoms with Crippen LogP contribution in [0.4, 0.5) is 0 Å². The van der Waals surface area contributed by atoms with Crippen molar-refractivity contribution in [3.63, 3.8) is 0 Å². The molecular weight excluding hydrogens is 178 g/mol. The zero-order valence-corrected chi connectivity index (χ0v) is 8.95. The fourth-order valence-electron chi connectivity index (χ4n) is 1.02. The minimum Gasteiger partial charge on any atom is -0.458 e. The fourth-order valence-corrected chi connectivity index (χ4v) is 1.02. The summed E-state index contributed by atoms with van der Waals surface area (Å²) < 4.78 is 6.75. The molecule has 0 aromatic heterocycles. The van der Waals surface area contributed by atoms with Gasteiger partial charge in [-0.05, 0) is 19.1 Å². The van der Waals surface area contributed by atoms with Gasteiger partial charge in [-0.15, -0.1) is 0 Å². The Labute approximate surface area is 85.4 Å². The van der Waals surface area contributed by atoms with Crippen molar-refractivity contribution in [2.75, 3.05) is 19.7 Å². The predicted molar refractivity (Wildman–Crippen MR) is 57.7 cm³/mol. The second-order valence-electron chi connectivity index (χ2n) is 2.79. The molecule has 0 bridgehead atoms. The molecule has 0 fully saturated rings. The first kappa shape index (κ1) is 12.6. The van der Waals surface area contributed by atoms with Crippen LogP contribution in [0.25, 0.3) is 0 Å². The van der Waals surface area contributed by atoms with Crippen LogP contribution in [-0.2, 0) is 9.53 Å². The molecule has 0 aromatic carbocycles. The molecule has 3 nitrogen and oxygen atoms in total. The molecule has 0 atom stereocenters. The molecule has 0 amide bonds. The quantitative estimate of drug-likeness (QED) is 0.278. The molecule has 0 aromatic rings. The molecule has 0 aliphatic rings. The van der Waals surface area contributed by atoms with E-state index in [1.807, 2.05) is 4.58 Å². The van der Waals surface area contributed by atoms with E-state index >= 15 is 0 Å². The number of hydrogen-bond acceptors (Lipinski definition) is 2. The average Bonchev–Trinajstić information content (AvgIpc) is 2.17. The van der Waals surface area contributed by atoms with Crippen LogP contribution in [0.2, 0.25) is 0 Å². The van der Waals surface area contributed by atoms with Gasteiger partial charge in [0.15, 0.2) is 13.1 Å². The SMILES string of the molecule is C=CC[N+](CC=C)=C(C)C(=O)OCC. The summed E-state index contributed by atoms with van der Waals surface area (Å²) in [6, 6.07) is 0. The standard InChI is InChI=1S/C11H18NO2/c1-5-8-12(9-6-2)10(4)11(13)14-7-3/h5-6H,1-2,7-9H2,3-4H3/q+1. The number of carbonyl (C=O) groups is 1. The van der Waals surface area contributed by atoms with E-state index < -0.39 is 0 Å². The van der Waals surface area contributed by atoms with Crippen LogP contribution in [0, 0.1) is 0 Å². The third-order valence-electron chi connectivity index (χ3n) is 1.74. The maximum Gasteiger partial charge on any atom is 0.398 e. The highest BCUT2D eigenvalue weighted by Gasteiger charge is 2.17. The van der Waals surface area contributed by atoms with E-state index in [0.717, 1.165) is 0 Å². The van der Waals surface area contributed by atoms with Gasteiger partial charge in [-0.3, -0.25) is 0 Å². The van der Waals surface area contributed by atoms with Crippen molar-refractivity contribution < 1.29 is 14.1 Å². The lowest BCUT2D eigenvalue weighted by Gasteiger charge is -2.03. The van der Waals surface area contributed by atoms with E-state index in [1.165, 1.54) is 0 Å². The summed E-state index contributed by atoms with van der Waals surface area (Å²) in [6.07, 6.45) is 3.48. The molecule has 0 radical (unpaired) electrons. The topological polar surface area (TPSA) is 29.3 Å². The van der Waals surface area contributed by atoms with Crippen molar-refractivity contribution in [3.8, 4) is 0 Å². The Hall–Kier alpha value is -1.38. The van der Waals surface area contributed by atoms with Crippen LogP contribution in [0.1, 0.15) is 13.8 Å². The summed E-state index contributed by atoms with van der Waals surface area (Å²) in [7, 11) is 0. The van der Waals surface area contributed by atoms with Crippen LogP contribution >= 0.6 is 0 Å². The van der Waals surface area contributed by atoms with E-state index in [-0.39, 0.29) is 5.97 Å². The molecule has 0 aliphatic heterocycles. The van der Waals surface area contributed by atoms with Gasteiger partial charge in [0.2, 0.25) is 0 Å². The molecule has 0 N–H and O–H groups in total. The van der Waals surface area contributed by atoms with Crippen molar-refractivity contribution >= 4 is 11.7 Å². The molecule has 0 rings (SSSR count). The molecule has 3 heteroatoms.